The summed E-state index contributed by atoms with van der Waals surface area (Å²) in [6, 6.07) is 10.6. The summed E-state index contributed by atoms with van der Waals surface area (Å²) < 4.78 is 5.85. The van der Waals surface area contributed by atoms with Gasteiger partial charge < -0.3 is 9.64 Å². The van der Waals surface area contributed by atoms with E-state index in [1.54, 1.807) is 18.2 Å². The van der Waals surface area contributed by atoms with E-state index in [-0.39, 0.29) is 29.0 Å². The number of hydrogen-bond acceptors (Lipinski definition) is 4. The number of carbonyl (C=O) groups is 2. The van der Waals surface area contributed by atoms with Crippen LogP contribution in [-0.2, 0) is 14.3 Å². The second kappa shape index (κ2) is 8.30. The Morgan fingerprint density at radius 2 is 1.55 bits per heavy atom. The van der Waals surface area contributed by atoms with Crippen LogP contribution in [-0.4, -0.2) is 42.0 Å². The maximum absolute atomic E-state index is 13.6. The number of imide groups is 1. The SMILES string of the molecule is Cc1ccc(C2=C(N3CC(C)OC(C)C3)C(=O)N(c3ccc(Cl)c(Cl)c3)C2=O)cc1C. The Labute approximate surface area is 192 Å². The van der Waals surface area contributed by atoms with E-state index >= 15 is 0 Å². The van der Waals surface area contributed by atoms with Crippen LogP contribution in [0.25, 0.3) is 5.57 Å². The molecule has 2 aromatic carbocycles. The molecule has 0 saturated carbocycles. The fourth-order valence-electron chi connectivity index (χ4n) is 4.19. The predicted octanol–water partition coefficient (Wildman–Crippen LogP) is 5.00. The van der Waals surface area contributed by atoms with Crippen LogP contribution in [0.15, 0.2) is 42.1 Å². The highest BCUT2D eigenvalue weighted by molar-refractivity contribution is 6.46. The average molecular weight is 459 g/mol. The summed E-state index contributed by atoms with van der Waals surface area (Å²) in [6.07, 6.45) is -0.113. The van der Waals surface area contributed by atoms with Gasteiger partial charge in [0.15, 0.2) is 0 Å². The second-order valence-electron chi connectivity index (χ2n) is 8.23. The maximum atomic E-state index is 13.6. The van der Waals surface area contributed by atoms with Crippen LogP contribution in [0.2, 0.25) is 10.0 Å². The molecule has 2 aliphatic heterocycles. The Morgan fingerprint density at radius 1 is 0.871 bits per heavy atom. The summed E-state index contributed by atoms with van der Waals surface area (Å²) >= 11 is 12.2. The number of hydrogen-bond donors (Lipinski definition) is 0. The first-order chi connectivity index (χ1) is 14.7. The number of benzene rings is 2. The zero-order valence-electron chi connectivity index (χ0n) is 17.9. The number of aryl methyl sites for hydroxylation is 2. The fourth-order valence-corrected chi connectivity index (χ4v) is 4.48. The van der Waals surface area contributed by atoms with Gasteiger partial charge in [-0.05, 0) is 62.6 Å². The van der Waals surface area contributed by atoms with Crippen molar-refractivity contribution in [3.8, 4) is 0 Å². The molecule has 31 heavy (non-hydrogen) atoms. The van der Waals surface area contributed by atoms with Crippen molar-refractivity contribution in [1.82, 2.24) is 4.90 Å². The second-order valence-corrected chi connectivity index (χ2v) is 9.04. The molecule has 0 radical (unpaired) electrons. The van der Waals surface area contributed by atoms with E-state index in [4.69, 9.17) is 27.9 Å². The van der Waals surface area contributed by atoms with Crippen molar-refractivity contribution in [1.29, 1.82) is 0 Å². The highest BCUT2D eigenvalue weighted by atomic mass is 35.5. The fraction of sp³-hybridized carbons (Fsp3) is 0.333. The topological polar surface area (TPSA) is 49.9 Å². The van der Waals surface area contributed by atoms with Gasteiger partial charge in [-0.25, -0.2) is 4.90 Å². The molecule has 2 heterocycles. The van der Waals surface area contributed by atoms with Gasteiger partial charge in [0.2, 0.25) is 0 Å². The molecule has 4 rings (SSSR count). The summed E-state index contributed by atoms with van der Waals surface area (Å²) in [5.74, 6) is -0.730. The molecule has 2 aromatic rings. The molecular formula is C24H24Cl2N2O3. The van der Waals surface area contributed by atoms with Gasteiger partial charge in [0.25, 0.3) is 11.8 Å². The van der Waals surface area contributed by atoms with Crippen molar-refractivity contribution in [3.05, 3.63) is 68.8 Å². The molecule has 2 atom stereocenters. The maximum Gasteiger partial charge on any atom is 0.282 e. The summed E-state index contributed by atoms with van der Waals surface area (Å²) in [6.45, 7) is 9.01. The standard InChI is InChI=1S/C24H24Cl2N2O3/c1-13-5-6-17(9-14(13)2)21-22(27-11-15(3)31-16(4)12-27)24(30)28(23(21)29)18-7-8-19(25)20(26)10-18/h5-10,15-16H,11-12H2,1-4H3. The lowest BCUT2D eigenvalue weighted by Gasteiger charge is -2.37. The number of rotatable bonds is 3. The molecule has 2 aliphatic rings. The third-order valence-electron chi connectivity index (χ3n) is 5.75. The number of halogens is 2. The van der Waals surface area contributed by atoms with Gasteiger partial charge in [-0.15, -0.1) is 0 Å². The van der Waals surface area contributed by atoms with Gasteiger partial charge in [-0.2, -0.15) is 0 Å². The lowest BCUT2D eigenvalue weighted by molar-refractivity contribution is -0.121. The molecule has 5 nitrogen and oxygen atoms in total. The zero-order valence-corrected chi connectivity index (χ0v) is 19.4. The Bertz CT molecular complexity index is 1100. The zero-order chi connectivity index (χ0) is 22.4. The van der Waals surface area contributed by atoms with Crippen molar-refractivity contribution in [2.75, 3.05) is 18.0 Å². The van der Waals surface area contributed by atoms with Crippen LogP contribution in [0.3, 0.4) is 0 Å². The number of morpholine rings is 1. The first-order valence-corrected chi connectivity index (χ1v) is 11.0. The van der Waals surface area contributed by atoms with Gasteiger partial charge in [0.1, 0.15) is 5.70 Å². The van der Waals surface area contributed by atoms with E-state index in [1.807, 2.05) is 50.8 Å². The molecule has 162 valence electrons. The minimum absolute atomic E-state index is 0.0563. The Kier molecular flexibility index (Phi) is 5.86. The molecule has 1 fully saturated rings. The van der Waals surface area contributed by atoms with E-state index in [0.717, 1.165) is 16.7 Å². The lowest BCUT2D eigenvalue weighted by Crippen LogP contribution is -2.47. The largest absolute Gasteiger partial charge is 0.372 e. The third-order valence-corrected chi connectivity index (χ3v) is 6.49. The van der Waals surface area contributed by atoms with Crippen molar-refractivity contribution >= 4 is 46.3 Å². The highest BCUT2D eigenvalue weighted by Gasteiger charge is 2.44. The van der Waals surface area contributed by atoms with Crippen LogP contribution in [0.5, 0.6) is 0 Å². The summed E-state index contributed by atoms with van der Waals surface area (Å²) in [5.41, 5.74) is 4.11. The van der Waals surface area contributed by atoms with Crippen LogP contribution < -0.4 is 4.90 Å². The van der Waals surface area contributed by atoms with Crippen LogP contribution in [0, 0.1) is 13.8 Å². The smallest absolute Gasteiger partial charge is 0.282 e. The van der Waals surface area contributed by atoms with Crippen molar-refractivity contribution in [3.63, 3.8) is 0 Å². The average Bonchev–Trinajstić information content (AvgIpc) is 2.96. The first kappa shape index (κ1) is 21.9. The van der Waals surface area contributed by atoms with Gasteiger partial charge >= 0.3 is 0 Å². The van der Waals surface area contributed by atoms with E-state index < -0.39 is 0 Å². The van der Waals surface area contributed by atoms with Gasteiger partial charge in [0.05, 0.1) is 33.5 Å². The molecule has 1 saturated heterocycles. The lowest BCUT2D eigenvalue weighted by atomic mass is 9.99. The summed E-state index contributed by atoms with van der Waals surface area (Å²) in [7, 11) is 0. The van der Waals surface area contributed by atoms with Crippen LogP contribution in [0.4, 0.5) is 5.69 Å². The molecule has 0 aliphatic carbocycles. The van der Waals surface area contributed by atoms with Crippen molar-refractivity contribution < 1.29 is 14.3 Å². The number of carbonyl (C=O) groups excluding carboxylic acids is 2. The summed E-state index contributed by atoms with van der Waals surface area (Å²) in [5, 5.41) is 0.650. The number of nitrogens with zero attached hydrogens (tertiary/aromatic N) is 2. The Morgan fingerprint density at radius 3 is 2.16 bits per heavy atom. The summed E-state index contributed by atoms with van der Waals surface area (Å²) in [4.78, 5) is 30.4. The number of anilines is 1. The Balaban J connectivity index is 1.86. The number of ether oxygens (including phenoxy) is 1. The molecular weight excluding hydrogens is 435 g/mol. The normalized spacial score (nSPS) is 22.0. The Hall–Kier alpha value is -2.34. The minimum Gasteiger partial charge on any atom is -0.372 e. The van der Waals surface area contributed by atoms with Crippen LogP contribution >= 0.6 is 23.2 Å². The van der Waals surface area contributed by atoms with E-state index in [2.05, 4.69) is 0 Å². The van der Waals surface area contributed by atoms with Gasteiger partial charge in [-0.3, -0.25) is 9.59 Å². The quantitative estimate of drug-likeness (QED) is 0.606. The molecule has 0 bridgehead atoms. The molecule has 2 amide bonds. The molecule has 0 spiro atoms. The van der Waals surface area contributed by atoms with Crippen LogP contribution in [0.1, 0.15) is 30.5 Å². The molecule has 0 aromatic heterocycles. The van der Waals surface area contributed by atoms with E-state index in [0.29, 0.717) is 35.1 Å². The van der Waals surface area contributed by atoms with Crippen molar-refractivity contribution in [2.45, 2.75) is 39.9 Å². The van der Waals surface area contributed by atoms with Crippen molar-refractivity contribution in [2.24, 2.45) is 0 Å². The third kappa shape index (κ3) is 3.98. The minimum atomic E-state index is -0.367. The first-order valence-electron chi connectivity index (χ1n) is 10.2. The predicted molar refractivity (Wildman–Crippen MR) is 123 cm³/mol. The van der Waals surface area contributed by atoms with E-state index in [1.165, 1.54) is 4.90 Å². The highest BCUT2D eigenvalue weighted by Crippen LogP contribution is 2.38. The van der Waals surface area contributed by atoms with Gasteiger partial charge in [0, 0.05) is 13.1 Å². The van der Waals surface area contributed by atoms with Gasteiger partial charge in [-0.1, -0.05) is 41.4 Å². The molecule has 2 unspecified atom stereocenters. The number of amides is 2. The van der Waals surface area contributed by atoms with E-state index in [9.17, 15) is 9.59 Å². The molecule has 0 N–H and O–H groups in total. The monoisotopic (exact) mass is 458 g/mol. The molecule has 7 heteroatoms.